The Morgan fingerprint density at radius 2 is 2.00 bits per heavy atom. The van der Waals surface area contributed by atoms with Gasteiger partial charge in [0.15, 0.2) is 0 Å². The van der Waals surface area contributed by atoms with Crippen molar-refractivity contribution in [1.82, 2.24) is 15.1 Å². The molecule has 0 aromatic carbocycles. The Labute approximate surface area is 131 Å². The molecule has 0 aromatic heterocycles. The van der Waals surface area contributed by atoms with Crippen LogP contribution in [-0.4, -0.2) is 74.9 Å². The Morgan fingerprint density at radius 3 is 2.67 bits per heavy atom. The Morgan fingerprint density at radius 1 is 1.24 bits per heavy atom. The lowest BCUT2D eigenvalue weighted by molar-refractivity contribution is -0.0472. The number of likely N-dealkylation sites (N-methyl/N-ethyl adjacent to an activating group) is 1. The van der Waals surface area contributed by atoms with E-state index in [1.807, 2.05) is 0 Å². The standard InChI is InChI=1S/C17H35N3O/c1-4-19(12-16-5-7-18-8-6-16)13-17-14-20(9-10-21-17)11-15(2)3/h15-18H,4-14H2,1-3H3. The van der Waals surface area contributed by atoms with Crippen molar-refractivity contribution >= 4 is 0 Å². The van der Waals surface area contributed by atoms with E-state index in [4.69, 9.17) is 4.74 Å². The normalized spacial score (nSPS) is 25.9. The molecule has 21 heavy (non-hydrogen) atoms. The van der Waals surface area contributed by atoms with Gasteiger partial charge >= 0.3 is 0 Å². The monoisotopic (exact) mass is 297 g/mol. The molecule has 1 atom stereocenters. The lowest BCUT2D eigenvalue weighted by Gasteiger charge is -2.37. The second kappa shape index (κ2) is 9.09. The van der Waals surface area contributed by atoms with E-state index in [0.29, 0.717) is 6.10 Å². The zero-order chi connectivity index (χ0) is 15.1. The fourth-order valence-corrected chi connectivity index (χ4v) is 3.62. The van der Waals surface area contributed by atoms with Crippen LogP contribution in [0.1, 0.15) is 33.6 Å². The number of nitrogens with zero attached hydrogens (tertiary/aromatic N) is 2. The molecular formula is C17H35N3O. The number of nitrogens with one attached hydrogen (secondary N) is 1. The average Bonchev–Trinajstić information content (AvgIpc) is 2.47. The summed E-state index contributed by atoms with van der Waals surface area (Å²) in [6.45, 7) is 17.1. The maximum absolute atomic E-state index is 6.02. The highest BCUT2D eigenvalue weighted by molar-refractivity contribution is 4.78. The third-order valence-electron chi connectivity index (χ3n) is 4.73. The lowest BCUT2D eigenvalue weighted by Crippen LogP contribution is -2.49. The van der Waals surface area contributed by atoms with Crippen LogP contribution in [0.5, 0.6) is 0 Å². The van der Waals surface area contributed by atoms with Gasteiger partial charge in [-0.3, -0.25) is 4.90 Å². The van der Waals surface area contributed by atoms with Crippen molar-refractivity contribution in [1.29, 1.82) is 0 Å². The minimum absolute atomic E-state index is 0.402. The van der Waals surface area contributed by atoms with Crippen LogP contribution in [0.15, 0.2) is 0 Å². The maximum Gasteiger partial charge on any atom is 0.0829 e. The van der Waals surface area contributed by atoms with Gasteiger partial charge in [-0.25, -0.2) is 0 Å². The van der Waals surface area contributed by atoms with Gasteiger partial charge in [-0.15, -0.1) is 0 Å². The summed E-state index contributed by atoms with van der Waals surface area (Å²) in [5, 5.41) is 3.46. The van der Waals surface area contributed by atoms with E-state index in [0.717, 1.165) is 44.6 Å². The van der Waals surface area contributed by atoms with Gasteiger partial charge in [0.1, 0.15) is 0 Å². The van der Waals surface area contributed by atoms with Crippen LogP contribution in [0.3, 0.4) is 0 Å². The molecule has 0 bridgehead atoms. The molecule has 4 nitrogen and oxygen atoms in total. The Kier molecular flexibility index (Phi) is 7.44. The van der Waals surface area contributed by atoms with E-state index in [1.54, 1.807) is 0 Å². The van der Waals surface area contributed by atoms with Gasteiger partial charge in [-0.05, 0) is 44.3 Å². The summed E-state index contributed by atoms with van der Waals surface area (Å²) in [4.78, 5) is 5.19. The zero-order valence-electron chi connectivity index (χ0n) is 14.3. The third kappa shape index (κ3) is 6.23. The van der Waals surface area contributed by atoms with Crippen molar-refractivity contribution in [3.05, 3.63) is 0 Å². The van der Waals surface area contributed by atoms with Crippen molar-refractivity contribution in [2.45, 2.75) is 39.7 Å². The number of piperidine rings is 1. The molecule has 2 saturated heterocycles. The van der Waals surface area contributed by atoms with E-state index in [1.165, 1.54) is 39.0 Å². The number of hydrogen-bond donors (Lipinski definition) is 1. The molecule has 0 aliphatic carbocycles. The third-order valence-corrected chi connectivity index (χ3v) is 4.73. The quantitative estimate of drug-likeness (QED) is 0.773. The molecule has 0 aromatic rings. The minimum atomic E-state index is 0.402. The van der Waals surface area contributed by atoms with Crippen LogP contribution in [0.4, 0.5) is 0 Å². The smallest absolute Gasteiger partial charge is 0.0829 e. The number of morpholine rings is 1. The summed E-state index contributed by atoms with van der Waals surface area (Å²) in [7, 11) is 0. The molecule has 0 radical (unpaired) electrons. The SMILES string of the molecule is CCN(CC1CCNCC1)CC1CN(CC(C)C)CCO1. The Balaban J connectivity index is 1.74. The summed E-state index contributed by atoms with van der Waals surface area (Å²) in [6, 6.07) is 0. The molecule has 2 heterocycles. The van der Waals surface area contributed by atoms with Gasteiger partial charge in [-0.2, -0.15) is 0 Å². The van der Waals surface area contributed by atoms with Crippen molar-refractivity contribution < 1.29 is 4.74 Å². The summed E-state index contributed by atoms with van der Waals surface area (Å²) < 4.78 is 6.02. The fourth-order valence-electron chi connectivity index (χ4n) is 3.62. The summed E-state index contributed by atoms with van der Waals surface area (Å²) >= 11 is 0. The Bertz CT molecular complexity index is 279. The molecule has 4 heteroatoms. The van der Waals surface area contributed by atoms with Gasteiger partial charge in [0.25, 0.3) is 0 Å². The topological polar surface area (TPSA) is 27.7 Å². The van der Waals surface area contributed by atoms with Crippen molar-refractivity contribution in [3.63, 3.8) is 0 Å². The maximum atomic E-state index is 6.02. The van der Waals surface area contributed by atoms with E-state index >= 15 is 0 Å². The summed E-state index contributed by atoms with van der Waals surface area (Å²) in [5.41, 5.74) is 0. The second-order valence-corrected chi connectivity index (χ2v) is 7.19. The summed E-state index contributed by atoms with van der Waals surface area (Å²) in [5.74, 6) is 1.63. The molecule has 0 spiro atoms. The van der Waals surface area contributed by atoms with Crippen LogP contribution in [0.25, 0.3) is 0 Å². The van der Waals surface area contributed by atoms with Crippen molar-refractivity contribution in [2.24, 2.45) is 11.8 Å². The predicted molar refractivity (Wildman–Crippen MR) is 88.7 cm³/mol. The predicted octanol–water partition coefficient (Wildman–Crippen LogP) is 1.66. The largest absolute Gasteiger partial charge is 0.374 e. The highest BCUT2D eigenvalue weighted by Crippen LogP contribution is 2.15. The van der Waals surface area contributed by atoms with Crippen LogP contribution in [-0.2, 0) is 4.74 Å². The molecule has 2 rings (SSSR count). The van der Waals surface area contributed by atoms with Crippen LogP contribution < -0.4 is 5.32 Å². The van der Waals surface area contributed by atoms with Gasteiger partial charge in [0, 0.05) is 32.7 Å². The molecule has 2 fully saturated rings. The van der Waals surface area contributed by atoms with Gasteiger partial charge < -0.3 is 15.0 Å². The van der Waals surface area contributed by atoms with Gasteiger partial charge in [0.2, 0.25) is 0 Å². The summed E-state index contributed by atoms with van der Waals surface area (Å²) in [6.07, 6.45) is 3.07. The average molecular weight is 297 g/mol. The van der Waals surface area contributed by atoms with Gasteiger partial charge in [-0.1, -0.05) is 20.8 Å². The van der Waals surface area contributed by atoms with Gasteiger partial charge in [0.05, 0.1) is 12.7 Å². The lowest BCUT2D eigenvalue weighted by atomic mass is 9.97. The van der Waals surface area contributed by atoms with Crippen LogP contribution >= 0.6 is 0 Å². The van der Waals surface area contributed by atoms with Crippen molar-refractivity contribution in [2.75, 3.05) is 59.0 Å². The Hall–Kier alpha value is -0.160. The minimum Gasteiger partial charge on any atom is -0.374 e. The zero-order valence-corrected chi connectivity index (χ0v) is 14.3. The first-order chi connectivity index (χ1) is 10.2. The molecule has 2 aliphatic rings. The van der Waals surface area contributed by atoms with Crippen molar-refractivity contribution in [3.8, 4) is 0 Å². The van der Waals surface area contributed by atoms with E-state index in [9.17, 15) is 0 Å². The molecule has 1 N–H and O–H groups in total. The number of rotatable bonds is 7. The van der Waals surface area contributed by atoms with E-state index < -0.39 is 0 Å². The molecule has 124 valence electrons. The van der Waals surface area contributed by atoms with Crippen LogP contribution in [0.2, 0.25) is 0 Å². The van der Waals surface area contributed by atoms with E-state index in [-0.39, 0.29) is 0 Å². The highest BCUT2D eigenvalue weighted by Gasteiger charge is 2.24. The molecular weight excluding hydrogens is 262 g/mol. The molecule has 0 amide bonds. The fraction of sp³-hybridized carbons (Fsp3) is 1.00. The number of ether oxygens (including phenoxy) is 1. The first-order valence-corrected chi connectivity index (χ1v) is 8.94. The first kappa shape index (κ1) is 17.2. The second-order valence-electron chi connectivity index (χ2n) is 7.19. The molecule has 1 unspecified atom stereocenters. The number of hydrogen-bond acceptors (Lipinski definition) is 4. The molecule has 2 aliphatic heterocycles. The van der Waals surface area contributed by atoms with E-state index in [2.05, 4.69) is 35.9 Å². The first-order valence-electron chi connectivity index (χ1n) is 8.94. The van der Waals surface area contributed by atoms with Crippen LogP contribution in [0, 0.1) is 11.8 Å². The molecule has 0 saturated carbocycles. The highest BCUT2D eigenvalue weighted by atomic mass is 16.5.